The van der Waals surface area contributed by atoms with Gasteiger partial charge >= 0.3 is 5.97 Å². The zero-order valence-corrected chi connectivity index (χ0v) is 10.8. The number of carbonyl (C=O) groups excluding carboxylic acids is 2. The number of hydrogen-bond acceptors (Lipinski definition) is 3. The zero-order valence-electron chi connectivity index (χ0n) is 10.8. The number of ketones is 1. The molecule has 0 aromatic carbocycles. The maximum atomic E-state index is 12.4. The van der Waals surface area contributed by atoms with Gasteiger partial charge in [0.15, 0.2) is 5.78 Å². The SMILES string of the molecule is CCOC(=O)C1(C(=O)C(C)(C)C)CCCC1. The number of Topliss-reactive ketones (excluding diaryl/α,β-unsaturated/α-hetero) is 1. The summed E-state index contributed by atoms with van der Waals surface area (Å²) >= 11 is 0. The first-order chi connectivity index (χ1) is 7.34. The molecule has 0 saturated heterocycles. The first-order valence-corrected chi connectivity index (χ1v) is 6.07. The van der Waals surface area contributed by atoms with Crippen molar-refractivity contribution in [3.8, 4) is 0 Å². The number of hydrogen-bond donors (Lipinski definition) is 0. The first kappa shape index (κ1) is 13.2. The van der Waals surface area contributed by atoms with E-state index in [2.05, 4.69) is 0 Å². The molecule has 0 spiro atoms. The molecule has 92 valence electrons. The molecule has 1 fully saturated rings. The van der Waals surface area contributed by atoms with Crippen LogP contribution in [0.1, 0.15) is 53.4 Å². The van der Waals surface area contributed by atoms with Crippen molar-refractivity contribution in [2.24, 2.45) is 10.8 Å². The van der Waals surface area contributed by atoms with Crippen LogP contribution in [0.2, 0.25) is 0 Å². The average molecular weight is 226 g/mol. The molecule has 1 aliphatic rings. The predicted molar refractivity (Wildman–Crippen MR) is 62.0 cm³/mol. The van der Waals surface area contributed by atoms with E-state index in [-0.39, 0.29) is 11.8 Å². The van der Waals surface area contributed by atoms with Gasteiger partial charge in [0.25, 0.3) is 0 Å². The van der Waals surface area contributed by atoms with Crippen LogP contribution in [0.4, 0.5) is 0 Å². The number of esters is 1. The molecule has 0 aliphatic heterocycles. The summed E-state index contributed by atoms with van der Waals surface area (Å²) in [5.74, 6) is -0.275. The summed E-state index contributed by atoms with van der Waals surface area (Å²) in [4.78, 5) is 24.4. The van der Waals surface area contributed by atoms with Gasteiger partial charge in [-0.1, -0.05) is 33.6 Å². The standard InChI is InChI=1S/C13H22O3/c1-5-16-11(15)13(8-6-7-9-13)10(14)12(2,3)4/h5-9H2,1-4H3. The fourth-order valence-electron chi connectivity index (χ4n) is 2.49. The van der Waals surface area contributed by atoms with E-state index in [1.165, 1.54) is 0 Å². The lowest BCUT2D eigenvalue weighted by Gasteiger charge is -2.31. The van der Waals surface area contributed by atoms with Crippen molar-refractivity contribution in [3.05, 3.63) is 0 Å². The lowest BCUT2D eigenvalue weighted by atomic mass is 9.71. The highest BCUT2D eigenvalue weighted by molar-refractivity contribution is 6.06. The van der Waals surface area contributed by atoms with Gasteiger partial charge in [0.1, 0.15) is 5.41 Å². The maximum Gasteiger partial charge on any atom is 0.319 e. The highest BCUT2D eigenvalue weighted by Crippen LogP contribution is 2.44. The molecular formula is C13H22O3. The van der Waals surface area contributed by atoms with Crippen LogP contribution in [0, 0.1) is 10.8 Å². The summed E-state index contributed by atoms with van der Waals surface area (Å²) in [6.07, 6.45) is 3.20. The fraction of sp³-hybridized carbons (Fsp3) is 0.846. The third-order valence-electron chi connectivity index (χ3n) is 3.24. The second-order valence-electron chi connectivity index (χ2n) is 5.59. The van der Waals surface area contributed by atoms with Crippen LogP contribution in [-0.2, 0) is 14.3 Å². The van der Waals surface area contributed by atoms with Gasteiger partial charge in [-0.2, -0.15) is 0 Å². The average Bonchev–Trinajstić information content (AvgIpc) is 2.65. The molecular weight excluding hydrogens is 204 g/mol. The molecule has 0 heterocycles. The van der Waals surface area contributed by atoms with Gasteiger partial charge in [-0.25, -0.2) is 0 Å². The first-order valence-electron chi connectivity index (χ1n) is 6.07. The normalized spacial score (nSPS) is 19.5. The fourth-order valence-corrected chi connectivity index (χ4v) is 2.49. The van der Waals surface area contributed by atoms with Gasteiger partial charge in [-0.05, 0) is 19.8 Å². The van der Waals surface area contributed by atoms with E-state index in [4.69, 9.17) is 4.74 Å². The van der Waals surface area contributed by atoms with Gasteiger partial charge in [0.2, 0.25) is 0 Å². The number of rotatable bonds is 3. The molecule has 1 saturated carbocycles. The van der Waals surface area contributed by atoms with E-state index in [0.29, 0.717) is 19.4 Å². The minimum Gasteiger partial charge on any atom is -0.465 e. The molecule has 1 rings (SSSR count). The number of carbonyl (C=O) groups is 2. The predicted octanol–water partition coefficient (Wildman–Crippen LogP) is 2.73. The largest absolute Gasteiger partial charge is 0.465 e. The molecule has 0 N–H and O–H groups in total. The highest BCUT2D eigenvalue weighted by Gasteiger charge is 2.52. The summed E-state index contributed by atoms with van der Waals surface area (Å²) in [5, 5.41) is 0. The Morgan fingerprint density at radius 3 is 2.06 bits per heavy atom. The van der Waals surface area contributed by atoms with Crippen molar-refractivity contribution in [2.45, 2.75) is 53.4 Å². The Morgan fingerprint density at radius 2 is 1.69 bits per heavy atom. The third-order valence-corrected chi connectivity index (χ3v) is 3.24. The summed E-state index contributed by atoms with van der Waals surface area (Å²) in [6.45, 7) is 7.73. The Hall–Kier alpha value is -0.860. The summed E-state index contributed by atoms with van der Waals surface area (Å²) in [6, 6.07) is 0. The summed E-state index contributed by atoms with van der Waals surface area (Å²) in [5.41, 5.74) is -1.33. The molecule has 16 heavy (non-hydrogen) atoms. The second kappa shape index (κ2) is 4.56. The molecule has 3 nitrogen and oxygen atoms in total. The Balaban J connectivity index is 2.98. The summed E-state index contributed by atoms with van der Waals surface area (Å²) in [7, 11) is 0. The van der Waals surface area contributed by atoms with E-state index in [9.17, 15) is 9.59 Å². The van der Waals surface area contributed by atoms with E-state index in [0.717, 1.165) is 12.8 Å². The summed E-state index contributed by atoms with van der Waals surface area (Å²) < 4.78 is 5.09. The van der Waals surface area contributed by atoms with Crippen LogP contribution >= 0.6 is 0 Å². The van der Waals surface area contributed by atoms with Crippen molar-refractivity contribution >= 4 is 11.8 Å². The van der Waals surface area contributed by atoms with Gasteiger partial charge < -0.3 is 4.74 Å². The third kappa shape index (κ3) is 2.28. The molecule has 0 bridgehead atoms. The second-order valence-corrected chi connectivity index (χ2v) is 5.59. The van der Waals surface area contributed by atoms with Crippen LogP contribution < -0.4 is 0 Å². The van der Waals surface area contributed by atoms with Gasteiger partial charge in [0.05, 0.1) is 6.61 Å². The minimum absolute atomic E-state index is 0.0379. The van der Waals surface area contributed by atoms with Crippen LogP contribution in [0.25, 0.3) is 0 Å². The molecule has 0 radical (unpaired) electrons. The molecule has 0 amide bonds. The van der Waals surface area contributed by atoms with E-state index in [1.54, 1.807) is 6.92 Å². The molecule has 3 heteroatoms. The highest BCUT2D eigenvalue weighted by atomic mass is 16.5. The lowest BCUT2D eigenvalue weighted by Crippen LogP contribution is -2.44. The molecule has 0 aromatic rings. The molecule has 0 aromatic heterocycles. The van der Waals surface area contributed by atoms with Crippen molar-refractivity contribution < 1.29 is 14.3 Å². The van der Waals surface area contributed by atoms with Crippen LogP contribution in [0.15, 0.2) is 0 Å². The maximum absolute atomic E-state index is 12.4. The van der Waals surface area contributed by atoms with Crippen molar-refractivity contribution in [3.63, 3.8) is 0 Å². The van der Waals surface area contributed by atoms with Crippen molar-refractivity contribution in [1.82, 2.24) is 0 Å². The van der Waals surface area contributed by atoms with E-state index in [1.807, 2.05) is 20.8 Å². The molecule has 0 atom stereocenters. The molecule has 1 aliphatic carbocycles. The minimum atomic E-state index is -0.853. The van der Waals surface area contributed by atoms with Crippen molar-refractivity contribution in [1.29, 1.82) is 0 Å². The Labute approximate surface area is 97.5 Å². The van der Waals surface area contributed by atoms with E-state index < -0.39 is 10.8 Å². The van der Waals surface area contributed by atoms with Crippen LogP contribution in [-0.4, -0.2) is 18.4 Å². The zero-order chi connectivity index (χ0) is 12.4. The lowest BCUT2D eigenvalue weighted by molar-refractivity contribution is -0.162. The monoisotopic (exact) mass is 226 g/mol. The Kier molecular flexibility index (Phi) is 3.76. The Morgan fingerprint density at radius 1 is 1.19 bits per heavy atom. The Bertz CT molecular complexity index is 280. The van der Waals surface area contributed by atoms with Crippen molar-refractivity contribution in [2.75, 3.05) is 6.61 Å². The van der Waals surface area contributed by atoms with E-state index >= 15 is 0 Å². The van der Waals surface area contributed by atoms with Crippen LogP contribution in [0.3, 0.4) is 0 Å². The van der Waals surface area contributed by atoms with Gasteiger partial charge in [-0.3, -0.25) is 9.59 Å². The number of ether oxygens (including phenoxy) is 1. The quantitative estimate of drug-likeness (QED) is 0.549. The molecule has 0 unspecified atom stereocenters. The van der Waals surface area contributed by atoms with Crippen LogP contribution in [0.5, 0.6) is 0 Å². The van der Waals surface area contributed by atoms with Gasteiger partial charge in [0, 0.05) is 5.41 Å². The smallest absolute Gasteiger partial charge is 0.319 e. The topological polar surface area (TPSA) is 43.4 Å². The van der Waals surface area contributed by atoms with Gasteiger partial charge in [-0.15, -0.1) is 0 Å².